The SMILES string of the molecule is Cc1ccc(-c2n[nH]c3c2C(c2ccc([N+](=O)[O-])cc2)N(Cc2ccncc2)C3=O)cc1. The Labute approximate surface area is 183 Å². The van der Waals surface area contributed by atoms with E-state index in [9.17, 15) is 14.9 Å². The van der Waals surface area contributed by atoms with Crippen LogP contribution in [-0.2, 0) is 6.54 Å². The van der Waals surface area contributed by atoms with Crippen molar-refractivity contribution in [1.29, 1.82) is 0 Å². The van der Waals surface area contributed by atoms with Gasteiger partial charge in [0.1, 0.15) is 5.69 Å². The monoisotopic (exact) mass is 425 g/mol. The van der Waals surface area contributed by atoms with Gasteiger partial charge in [0.05, 0.1) is 16.7 Å². The van der Waals surface area contributed by atoms with Crippen LogP contribution in [-0.4, -0.2) is 30.9 Å². The molecule has 8 heteroatoms. The van der Waals surface area contributed by atoms with E-state index in [-0.39, 0.29) is 11.6 Å². The summed E-state index contributed by atoms with van der Waals surface area (Å²) in [4.78, 5) is 29.9. The molecule has 3 heterocycles. The van der Waals surface area contributed by atoms with E-state index in [0.29, 0.717) is 17.9 Å². The molecule has 158 valence electrons. The van der Waals surface area contributed by atoms with Gasteiger partial charge in [0, 0.05) is 42.2 Å². The fourth-order valence-electron chi connectivity index (χ4n) is 4.10. The van der Waals surface area contributed by atoms with Crippen molar-refractivity contribution in [2.24, 2.45) is 0 Å². The molecule has 2 aromatic heterocycles. The average Bonchev–Trinajstić information content (AvgIpc) is 3.34. The van der Waals surface area contributed by atoms with E-state index in [0.717, 1.165) is 27.8 Å². The number of fused-ring (bicyclic) bond motifs is 1. The highest BCUT2D eigenvalue weighted by molar-refractivity contribution is 6.00. The lowest BCUT2D eigenvalue weighted by Gasteiger charge is -2.26. The fraction of sp³-hybridized carbons (Fsp3) is 0.125. The third kappa shape index (κ3) is 3.31. The summed E-state index contributed by atoms with van der Waals surface area (Å²) >= 11 is 0. The van der Waals surface area contributed by atoms with E-state index < -0.39 is 11.0 Å². The first-order valence-corrected chi connectivity index (χ1v) is 10.1. The molecule has 0 saturated carbocycles. The van der Waals surface area contributed by atoms with Gasteiger partial charge in [0.2, 0.25) is 0 Å². The number of H-pyrrole nitrogens is 1. The molecule has 1 N–H and O–H groups in total. The van der Waals surface area contributed by atoms with Crippen molar-refractivity contribution in [2.75, 3.05) is 0 Å². The minimum Gasteiger partial charge on any atom is -0.322 e. The quantitative estimate of drug-likeness (QED) is 0.376. The number of nitrogens with one attached hydrogen (secondary N) is 1. The number of pyridine rings is 1. The van der Waals surface area contributed by atoms with Crippen molar-refractivity contribution >= 4 is 11.6 Å². The molecular weight excluding hydrogens is 406 g/mol. The normalized spacial score (nSPS) is 15.1. The van der Waals surface area contributed by atoms with Crippen molar-refractivity contribution in [3.05, 3.63) is 111 Å². The zero-order valence-electron chi connectivity index (χ0n) is 17.2. The number of hydrogen-bond acceptors (Lipinski definition) is 5. The number of amides is 1. The minimum absolute atomic E-state index is 0.00457. The molecule has 0 saturated heterocycles. The maximum atomic E-state index is 13.4. The van der Waals surface area contributed by atoms with Crippen molar-refractivity contribution in [3.63, 3.8) is 0 Å². The molecule has 0 bridgehead atoms. The first-order chi connectivity index (χ1) is 15.5. The molecule has 32 heavy (non-hydrogen) atoms. The van der Waals surface area contributed by atoms with Crippen LogP contribution in [0, 0.1) is 17.0 Å². The molecule has 0 aliphatic carbocycles. The van der Waals surface area contributed by atoms with E-state index in [4.69, 9.17) is 0 Å². The summed E-state index contributed by atoms with van der Waals surface area (Å²) in [6.07, 6.45) is 3.38. The smallest absolute Gasteiger partial charge is 0.273 e. The predicted octanol–water partition coefficient (Wildman–Crippen LogP) is 4.43. The standard InChI is InChI=1S/C24H19N5O3/c1-15-2-4-17(5-3-15)21-20-22(27-26-21)24(30)28(14-16-10-12-25-13-11-16)23(20)18-6-8-19(9-7-18)29(31)32/h2-13,23H,14H2,1H3,(H,26,27). The van der Waals surface area contributed by atoms with Gasteiger partial charge in [-0.2, -0.15) is 5.10 Å². The van der Waals surface area contributed by atoms with Crippen LogP contribution in [0.1, 0.15) is 38.8 Å². The Balaban J connectivity index is 1.64. The van der Waals surface area contributed by atoms with Gasteiger partial charge in [-0.25, -0.2) is 0 Å². The molecule has 1 aliphatic rings. The summed E-state index contributed by atoms with van der Waals surface area (Å²) in [5, 5.41) is 18.5. The van der Waals surface area contributed by atoms with Gasteiger partial charge in [-0.05, 0) is 42.3 Å². The van der Waals surface area contributed by atoms with Gasteiger partial charge in [-0.3, -0.25) is 25.0 Å². The molecule has 1 unspecified atom stereocenters. The lowest BCUT2D eigenvalue weighted by molar-refractivity contribution is -0.384. The number of carbonyl (C=O) groups is 1. The molecule has 5 rings (SSSR count). The van der Waals surface area contributed by atoms with Crippen molar-refractivity contribution < 1.29 is 9.72 Å². The van der Waals surface area contributed by atoms with E-state index in [1.54, 1.807) is 29.4 Å². The zero-order valence-corrected chi connectivity index (χ0v) is 17.2. The summed E-state index contributed by atoms with van der Waals surface area (Å²) in [7, 11) is 0. The van der Waals surface area contributed by atoms with Crippen LogP contribution in [0.5, 0.6) is 0 Å². The molecule has 0 fully saturated rings. The number of hydrogen-bond donors (Lipinski definition) is 1. The fourth-order valence-corrected chi connectivity index (χ4v) is 4.10. The highest BCUT2D eigenvalue weighted by Crippen LogP contribution is 2.43. The number of nitrogens with zero attached hydrogens (tertiary/aromatic N) is 4. The molecule has 1 aliphatic heterocycles. The zero-order chi connectivity index (χ0) is 22.2. The lowest BCUT2D eigenvalue weighted by Crippen LogP contribution is -2.29. The van der Waals surface area contributed by atoms with Gasteiger partial charge in [0.15, 0.2) is 0 Å². The molecular formula is C24H19N5O3. The molecule has 8 nitrogen and oxygen atoms in total. The predicted molar refractivity (Wildman–Crippen MR) is 118 cm³/mol. The van der Waals surface area contributed by atoms with Crippen LogP contribution in [0.15, 0.2) is 73.1 Å². The Morgan fingerprint density at radius 1 is 1.03 bits per heavy atom. The second kappa shape index (κ2) is 7.73. The third-order valence-electron chi connectivity index (χ3n) is 5.71. The molecule has 0 radical (unpaired) electrons. The maximum absolute atomic E-state index is 13.4. The minimum atomic E-state index is -0.431. The summed E-state index contributed by atoms with van der Waals surface area (Å²) in [6, 6.07) is 17.6. The number of benzene rings is 2. The second-order valence-electron chi connectivity index (χ2n) is 7.77. The van der Waals surface area contributed by atoms with Crippen molar-refractivity contribution in [1.82, 2.24) is 20.1 Å². The number of aromatic nitrogens is 3. The van der Waals surface area contributed by atoms with Crippen LogP contribution in [0.4, 0.5) is 5.69 Å². The van der Waals surface area contributed by atoms with Gasteiger partial charge >= 0.3 is 0 Å². The average molecular weight is 425 g/mol. The number of aromatic amines is 1. The highest BCUT2D eigenvalue weighted by atomic mass is 16.6. The lowest BCUT2D eigenvalue weighted by atomic mass is 9.95. The van der Waals surface area contributed by atoms with Crippen LogP contribution < -0.4 is 0 Å². The van der Waals surface area contributed by atoms with Gasteiger partial charge < -0.3 is 4.90 Å². The van der Waals surface area contributed by atoms with Gasteiger partial charge in [0.25, 0.3) is 11.6 Å². The molecule has 0 spiro atoms. The summed E-state index contributed by atoms with van der Waals surface area (Å²) in [6.45, 7) is 2.39. The van der Waals surface area contributed by atoms with Gasteiger partial charge in [-0.15, -0.1) is 0 Å². The second-order valence-corrected chi connectivity index (χ2v) is 7.77. The van der Waals surface area contributed by atoms with E-state index in [1.807, 2.05) is 43.3 Å². The summed E-state index contributed by atoms with van der Waals surface area (Å²) in [5.41, 5.74) is 5.68. The summed E-state index contributed by atoms with van der Waals surface area (Å²) in [5.74, 6) is -0.161. The molecule has 1 amide bonds. The van der Waals surface area contributed by atoms with Crippen LogP contribution >= 0.6 is 0 Å². The Morgan fingerprint density at radius 2 is 1.72 bits per heavy atom. The largest absolute Gasteiger partial charge is 0.322 e. The van der Waals surface area contributed by atoms with Crippen LogP contribution in [0.25, 0.3) is 11.3 Å². The molecule has 1 atom stereocenters. The Bertz CT molecular complexity index is 1300. The highest BCUT2D eigenvalue weighted by Gasteiger charge is 2.42. The Morgan fingerprint density at radius 3 is 2.38 bits per heavy atom. The first-order valence-electron chi connectivity index (χ1n) is 10.1. The van der Waals surface area contributed by atoms with E-state index in [2.05, 4.69) is 15.2 Å². The van der Waals surface area contributed by atoms with Crippen molar-refractivity contribution in [3.8, 4) is 11.3 Å². The molecule has 2 aromatic carbocycles. The number of nitro groups is 1. The maximum Gasteiger partial charge on any atom is 0.273 e. The number of rotatable bonds is 5. The Hall–Kier alpha value is -4.33. The topological polar surface area (TPSA) is 105 Å². The van der Waals surface area contributed by atoms with Gasteiger partial charge in [-0.1, -0.05) is 29.8 Å². The summed E-state index contributed by atoms with van der Waals surface area (Å²) < 4.78 is 0. The number of carbonyl (C=O) groups excluding carboxylic acids is 1. The number of nitro benzene ring substituents is 1. The number of aryl methyl sites for hydroxylation is 1. The van der Waals surface area contributed by atoms with Crippen LogP contribution in [0.3, 0.4) is 0 Å². The third-order valence-corrected chi connectivity index (χ3v) is 5.71. The van der Waals surface area contributed by atoms with Crippen molar-refractivity contribution in [2.45, 2.75) is 19.5 Å². The first kappa shape index (κ1) is 19.6. The Kier molecular flexibility index (Phi) is 4.74. The van der Waals surface area contributed by atoms with Crippen LogP contribution in [0.2, 0.25) is 0 Å². The van der Waals surface area contributed by atoms with E-state index in [1.165, 1.54) is 12.1 Å². The molecule has 4 aromatic rings. The number of non-ortho nitro benzene ring substituents is 1. The van der Waals surface area contributed by atoms with E-state index >= 15 is 0 Å².